The summed E-state index contributed by atoms with van der Waals surface area (Å²) in [6.45, 7) is 1.68. The highest BCUT2D eigenvalue weighted by Gasteiger charge is 2.50. The molecular weight excluding hydrogens is 582 g/mol. The van der Waals surface area contributed by atoms with Crippen molar-refractivity contribution in [2.24, 2.45) is 17.6 Å². The molecule has 2 aliphatic heterocycles. The molecule has 0 spiro atoms. The molecule has 222 valence electrons. The molecule has 0 radical (unpaired) electrons. The van der Waals surface area contributed by atoms with E-state index in [1.54, 1.807) is 24.4 Å². The number of anilines is 1. The lowest BCUT2D eigenvalue weighted by Gasteiger charge is -2.33. The van der Waals surface area contributed by atoms with E-state index in [0.29, 0.717) is 70.7 Å². The Morgan fingerprint density at radius 1 is 1.14 bits per heavy atom. The lowest BCUT2D eigenvalue weighted by Crippen LogP contribution is -2.50. The van der Waals surface area contributed by atoms with Gasteiger partial charge in [0, 0.05) is 36.2 Å². The summed E-state index contributed by atoms with van der Waals surface area (Å²) in [4.78, 5) is 35.7. The number of aromatic nitrogens is 4. The van der Waals surface area contributed by atoms with Crippen molar-refractivity contribution in [2.45, 2.75) is 44.9 Å². The van der Waals surface area contributed by atoms with Crippen LogP contribution in [0.3, 0.4) is 0 Å². The Labute approximate surface area is 249 Å². The first kappa shape index (κ1) is 27.7. The monoisotopic (exact) mass is 608 g/mol. The molecule has 2 amide bonds. The minimum absolute atomic E-state index is 0.137. The van der Waals surface area contributed by atoms with Crippen LogP contribution in [0.1, 0.15) is 41.0 Å². The second kappa shape index (κ2) is 10.5. The van der Waals surface area contributed by atoms with Gasteiger partial charge in [-0.3, -0.25) is 19.5 Å². The summed E-state index contributed by atoms with van der Waals surface area (Å²) in [6, 6.07) is 7.70. The van der Waals surface area contributed by atoms with Crippen LogP contribution in [-0.2, 0) is 29.0 Å². The van der Waals surface area contributed by atoms with Crippen molar-refractivity contribution in [1.29, 1.82) is 0 Å². The number of rotatable bonds is 8. The molecule has 10 nitrogen and oxygen atoms in total. The third-order valence-electron chi connectivity index (χ3n) is 8.12. The number of pyridine rings is 2. The number of benzene rings is 1. The van der Waals surface area contributed by atoms with Gasteiger partial charge in [0.25, 0.3) is 5.91 Å². The number of fused-ring (bicyclic) bond motifs is 2. The summed E-state index contributed by atoms with van der Waals surface area (Å²) in [6.07, 6.45) is 2.40. The van der Waals surface area contributed by atoms with Crippen LogP contribution in [0.15, 0.2) is 42.7 Å². The third-order valence-corrected chi connectivity index (χ3v) is 8.34. The number of hydrogen-bond donors (Lipinski definition) is 1. The number of halogens is 3. The SMILES string of the molecule is NC(=O)c1c(CC2CC2)nc2c(cnn2C[C@H]2CCOC2)c1-c1ccc2c(c1)OC(F)(F)C(=O)N2Cc1ccc(Cl)cn1. The van der Waals surface area contributed by atoms with E-state index in [9.17, 15) is 18.4 Å². The summed E-state index contributed by atoms with van der Waals surface area (Å²) >= 11 is 5.92. The van der Waals surface area contributed by atoms with Crippen molar-refractivity contribution < 1.29 is 27.8 Å². The number of ether oxygens (including phenoxy) is 2. The van der Waals surface area contributed by atoms with Crippen LogP contribution < -0.4 is 15.4 Å². The largest absolute Gasteiger partial charge is 0.482 e. The number of nitrogens with two attached hydrogens (primary N) is 1. The van der Waals surface area contributed by atoms with E-state index in [1.165, 1.54) is 18.3 Å². The van der Waals surface area contributed by atoms with Crippen molar-refractivity contribution in [2.75, 3.05) is 18.1 Å². The van der Waals surface area contributed by atoms with Gasteiger partial charge in [0.05, 0.1) is 47.0 Å². The van der Waals surface area contributed by atoms with Gasteiger partial charge < -0.3 is 15.2 Å². The molecule has 1 saturated carbocycles. The molecule has 1 aromatic carbocycles. The minimum Gasteiger partial charge on any atom is -0.423 e. The average molecular weight is 609 g/mol. The van der Waals surface area contributed by atoms with Crippen LogP contribution in [0, 0.1) is 11.8 Å². The summed E-state index contributed by atoms with van der Waals surface area (Å²) in [7, 11) is 0. The highest BCUT2D eigenvalue weighted by atomic mass is 35.5. The van der Waals surface area contributed by atoms with Gasteiger partial charge in [-0.2, -0.15) is 13.9 Å². The molecule has 43 heavy (non-hydrogen) atoms. The quantitative estimate of drug-likeness (QED) is 0.306. The molecule has 3 aromatic heterocycles. The molecule has 5 heterocycles. The van der Waals surface area contributed by atoms with Crippen LogP contribution in [0.5, 0.6) is 5.75 Å². The zero-order valence-corrected chi connectivity index (χ0v) is 23.7. The fourth-order valence-corrected chi connectivity index (χ4v) is 5.90. The molecule has 4 aromatic rings. The summed E-state index contributed by atoms with van der Waals surface area (Å²) in [5, 5.41) is 5.53. The topological polar surface area (TPSA) is 125 Å². The van der Waals surface area contributed by atoms with Crippen molar-refractivity contribution in [1.82, 2.24) is 19.7 Å². The van der Waals surface area contributed by atoms with E-state index in [4.69, 9.17) is 31.8 Å². The Bertz CT molecular complexity index is 1750. The number of primary amides is 1. The van der Waals surface area contributed by atoms with Gasteiger partial charge in [-0.15, -0.1) is 0 Å². The fourth-order valence-electron chi connectivity index (χ4n) is 5.79. The van der Waals surface area contributed by atoms with E-state index < -0.39 is 17.9 Å². The van der Waals surface area contributed by atoms with Crippen molar-refractivity contribution >= 4 is 40.1 Å². The zero-order valence-electron chi connectivity index (χ0n) is 22.9. The Kier molecular flexibility index (Phi) is 6.77. The molecule has 0 unspecified atom stereocenters. The Hall–Kier alpha value is -4.16. The van der Waals surface area contributed by atoms with Crippen LogP contribution in [0.25, 0.3) is 22.2 Å². The second-order valence-electron chi connectivity index (χ2n) is 11.3. The maximum absolute atomic E-state index is 14.9. The van der Waals surface area contributed by atoms with Crippen molar-refractivity contribution in [3.63, 3.8) is 0 Å². The van der Waals surface area contributed by atoms with Crippen LogP contribution in [0.2, 0.25) is 5.02 Å². The lowest BCUT2D eigenvalue weighted by molar-refractivity contribution is -0.193. The molecule has 2 N–H and O–H groups in total. The number of carbonyl (C=O) groups is 2. The van der Waals surface area contributed by atoms with Gasteiger partial charge in [0.15, 0.2) is 11.4 Å². The standard InChI is InChI=1S/C30H27ClF2N6O4/c31-19-4-5-20(35-11-19)14-38-23-6-3-18(10-24(23)43-30(32,33)29(38)41)25-21-12-36-39(13-17-7-8-42-15-17)28(21)37-22(9-16-1-2-16)26(25)27(34)40/h3-6,10-12,16-17H,1-2,7-9,13-15H2,(H2,34,40)/t17-/m1/s1. The van der Waals surface area contributed by atoms with Crippen molar-refractivity contribution in [3.05, 3.63) is 64.7 Å². The van der Waals surface area contributed by atoms with Gasteiger partial charge in [-0.25, -0.2) is 9.67 Å². The number of carbonyl (C=O) groups excluding carboxylic acids is 2. The van der Waals surface area contributed by atoms with E-state index in [-0.39, 0.29) is 29.5 Å². The molecule has 0 bridgehead atoms. The van der Waals surface area contributed by atoms with Gasteiger partial charge in [-0.1, -0.05) is 17.7 Å². The van der Waals surface area contributed by atoms with Gasteiger partial charge >= 0.3 is 12.0 Å². The molecular formula is C30H27ClF2N6O4. The van der Waals surface area contributed by atoms with Crippen molar-refractivity contribution in [3.8, 4) is 16.9 Å². The average Bonchev–Trinajstić information content (AvgIpc) is 3.47. The zero-order chi connectivity index (χ0) is 29.9. The van der Waals surface area contributed by atoms with Gasteiger partial charge in [-0.05, 0) is 61.4 Å². The van der Waals surface area contributed by atoms with Crippen LogP contribution in [0.4, 0.5) is 14.5 Å². The maximum atomic E-state index is 14.9. The highest BCUT2D eigenvalue weighted by Crippen LogP contribution is 2.45. The predicted molar refractivity (Wildman–Crippen MR) is 153 cm³/mol. The first-order valence-corrected chi connectivity index (χ1v) is 14.5. The second-order valence-corrected chi connectivity index (χ2v) is 11.7. The molecule has 3 aliphatic rings. The van der Waals surface area contributed by atoms with E-state index in [2.05, 4.69) is 10.1 Å². The van der Waals surface area contributed by atoms with Gasteiger partial charge in [0.1, 0.15) is 0 Å². The van der Waals surface area contributed by atoms with Crippen LogP contribution in [-0.4, -0.2) is 50.9 Å². The molecule has 13 heteroatoms. The molecule has 7 rings (SSSR count). The fraction of sp³-hybridized carbons (Fsp3) is 0.367. The Morgan fingerprint density at radius 2 is 1.98 bits per heavy atom. The number of hydrogen-bond acceptors (Lipinski definition) is 7. The number of amides is 2. The normalized spacial score (nSPS) is 19.5. The van der Waals surface area contributed by atoms with E-state index in [1.807, 2.05) is 4.68 Å². The first-order valence-electron chi connectivity index (χ1n) is 14.1. The van der Waals surface area contributed by atoms with E-state index >= 15 is 0 Å². The Balaban J connectivity index is 1.36. The number of nitrogens with zero attached hydrogens (tertiary/aromatic N) is 5. The summed E-state index contributed by atoms with van der Waals surface area (Å²) in [5.74, 6) is -1.75. The highest BCUT2D eigenvalue weighted by molar-refractivity contribution is 6.30. The summed E-state index contributed by atoms with van der Waals surface area (Å²) in [5.41, 5.74) is 8.67. The lowest BCUT2D eigenvalue weighted by atomic mass is 9.93. The van der Waals surface area contributed by atoms with E-state index in [0.717, 1.165) is 24.2 Å². The first-order chi connectivity index (χ1) is 20.7. The van der Waals surface area contributed by atoms with Gasteiger partial charge in [0.2, 0.25) is 0 Å². The minimum atomic E-state index is -4.12. The smallest absolute Gasteiger partial charge is 0.423 e. The maximum Gasteiger partial charge on any atom is 0.482 e. The predicted octanol–water partition coefficient (Wildman–Crippen LogP) is 4.75. The molecule has 1 atom stereocenters. The molecule has 1 aliphatic carbocycles. The molecule has 1 saturated heterocycles. The van der Waals surface area contributed by atoms with Crippen LogP contribution >= 0.6 is 11.6 Å². The molecule has 2 fully saturated rings. The summed E-state index contributed by atoms with van der Waals surface area (Å²) < 4.78 is 42.2. The third kappa shape index (κ3) is 5.18. The number of alkyl halides is 2. The Morgan fingerprint density at radius 3 is 2.67 bits per heavy atom.